The van der Waals surface area contributed by atoms with E-state index in [9.17, 15) is 14.0 Å². The number of carbonyl (C=O) groups is 2. The lowest BCUT2D eigenvalue weighted by molar-refractivity contribution is -0.126. The lowest BCUT2D eigenvalue weighted by Crippen LogP contribution is -2.44. The molecule has 0 heterocycles. The van der Waals surface area contributed by atoms with Crippen LogP contribution >= 0.6 is 0 Å². The van der Waals surface area contributed by atoms with Gasteiger partial charge in [0.2, 0.25) is 0 Å². The molecule has 0 aliphatic heterocycles. The number of ether oxygens (including phenoxy) is 1. The van der Waals surface area contributed by atoms with E-state index < -0.39 is 23.9 Å². The van der Waals surface area contributed by atoms with E-state index in [4.69, 9.17) is 4.74 Å². The Morgan fingerprint density at radius 1 is 1.38 bits per heavy atom. The van der Waals surface area contributed by atoms with Gasteiger partial charge in [-0.2, -0.15) is 0 Å². The highest BCUT2D eigenvalue weighted by Crippen LogP contribution is 2.23. The molecule has 6 nitrogen and oxygen atoms in total. The Labute approximate surface area is 123 Å². The van der Waals surface area contributed by atoms with Gasteiger partial charge in [0.1, 0.15) is 0 Å². The van der Waals surface area contributed by atoms with Crippen molar-refractivity contribution in [3.8, 4) is 5.75 Å². The van der Waals surface area contributed by atoms with Crippen molar-refractivity contribution < 1.29 is 18.7 Å². The molecule has 1 unspecified atom stereocenters. The minimum absolute atomic E-state index is 0.0120. The molecule has 0 aliphatic carbocycles. The summed E-state index contributed by atoms with van der Waals surface area (Å²) < 4.78 is 19.2. The van der Waals surface area contributed by atoms with Crippen LogP contribution in [0.25, 0.3) is 0 Å². The highest BCUT2D eigenvalue weighted by atomic mass is 19.1. The molecule has 3 N–H and O–H groups in total. The van der Waals surface area contributed by atoms with Crippen LogP contribution in [-0.4, -0.2) is 31.6 Å². The number of hydrogen-bond donors (Lipinski definition) is 3. The number of benzene rings is 1. The molecule has 1 rings (SSSR count). The maximum atomic E-state index is 13.9. The molecule has 0 fully saturated rings. The normalized spacial score (nSPS) is 11.6. The van der Waals surface area contributed by atoms with E-state index in [0.717, 1.165) is 6.54 Å². The zero-order valence-corrected chi connectivity index (χ0v) is 12.3. The summed E-state index contributed by atoms with van der Waals surface area (Å²) in [7, 11) is 1.39. The first-order chi connectivity index (χ1) is 9.99. The second-order valence-electron chi connectivity index (χ2n) is 4.34. The monoisotopic (exact) mass is 297 g/mol. The van der Waals surface area contributed by atoms with E-state index in [1.54, 1.807) is 12.1 Å². The van der Waals surface area contributed by atoms with E-state index in [2.05, 4.69) is 16.0 Å². The summed E-state index contributed by atoms with van der Waals surface area (Å²) in [6.45, 7) is 4.52. The highest BCUT2D eigenvalue weighted by molar-refractivity contribution is 5.96. The molecule has 0 radical (unpaired) electrons. The van der Waals surface area contributed by atoms with Crippen molar-refractivity contribution in [3.63, 3.8) is 0 Å². The van der Waals surface area contributed by atoms with Gasteiger partial charge in [-0.1, -0.05) is 19.1 Å². The van der Waals surface area contributed by atoms with Crippen molar-refractivity contribution in [3.05, 3.63) is 29.6 Å². The van der Waals surface area contributed by atoms with Crippen LogP contribution in [0.3, 0.4) is 0 Å². The molecule has 0 saturated carbocycles. The molecule has 0 aliphatic rings. The van der Waals surface area contributed by atoms with Crippen LogP contribution < -0.4 is 20.7 Å². The van der Waals surface area contributed by atoms with Crippen molar-refractivity contribution in [2.45, 2.75) is 26.5 Å². The van der Waals surface area contributed by atoms with Crippen molar-refractivity contribution in [2.24, 2.45) is 0 Å². The number of carbonyl (C=O) groups excluding carboxylic acids is 2. The third-order valence-corrected chi connectivity index (χ3v) is 2.74. The van der Waals surface area contributed by atoms with E-state index in [1.165, 1.54) is 20.0 Å². The molecular formula is C14H20FN3O3. The summed E-state index contributed by atoms with van der Waals surface area (Å²) in [5.41, 5.74) is 0.608. The maximum Gasteiger partial charge on any atom is 0.321 e. The van der Waals surface area contributed by atoms with Gasteiger partial charge < -0.3 is 15.4 Å². The third-order valence-electron chi connectivity index (χ3n) is 2.74. The number of halogens is 1. The zero-order valence-electron chi connectivity index (χ0n) is 12.3. The topological polar surface area (TPSA) is 79.5 Å². The molecule has 3 amide bonds. The summed E-state index contributed by atoms with van der Waals surface area (Å²) in [5.74, 6) is -1.19. The van der Waals surface area contributed by atoms with Gasteiger partial charge in [0.25, 0.3) is 5.91 Å². The Balaban J connectivity index is 2.81. The van der Waals surface area contributed by atoms with Gasteiger partial charge in [-0.3, -0.25) is 10.1 Å². The predicted molar refractivity (Wildman–Crippen MR) is 76.5 cm³/mol. The fraction of sp³-hybridized carbons (Fsp3) is 0.429. The molecule has 116 valence electrons. The van der Waals surface area contributed by atoms with E-state index in [1.807, 2.05) is 6.92 Å². The molecule has 0 bridgehead atoms. The van der Waals surface area contributed by atoms with Crippen molar-refractivity contribution in [2.75, 3.05) is 13.6 Å². The van der Waals surface area contributed by atoms with E-state index >= 15 is 0 Å². The molecule has 0 spiro atoms. The lowest BCUT2D eigenvalue weighted by Gasteiger charge is -2.17. The van der Waals surface area contributed by atoms with Crippen LogP contribution in [0.5, 0.6) is 5.75 Å². The first kappa shape index (κ1) is 16.9. The number of para-hydroxylation sites is 1. The number of hydrogen-bond acceptors (Lipinski definition) is 4. The molecule has 0 aromatic heterocycles. The molecular weight excluding hydrogens is 277 g/mol. The van der Waals surface area contributed by atoms with Gasteiger partial charge >= 0.3 is 6.03 Å². The highest BCUT2D eigenvalue weighted by Gasteiger charge is 2.20. The standard InChI is InChI=1S/C14H20FN3O3/c1-4-17-8-10-6-5-7-11(15)12(10)21-9(2)13(19)18-14(20)16-3/h5-7,9,17H,4,8H2,1-3H3,(H2,16,18,19,20). The second-order valence-corrected chi connectivity index (χ2v) is 4.34. The van der Waals surface area contributed by atoms with Crippen molar-refractivity contribution in [1.82, 2.24) is 16.0 Å². The molecule has 1 atom stereocenters. The van der Waals surface area contributed by atoms with Gasteiger partial charge in [-0.25, -0.2) is 9.18 Å². The number of imide groups is 1. The van der Waals surface area contributed by atoms with Crippen LogP contribution in [0, 0.1) is 5.82 Å². The summed E-state index contributed by atoms with van der Waals surface area (Å²) in [6, 6.07) is 3.90. The van der Waals surface area contributed by atoms with Crippen LogP contribution in [0.4, 0.5) is 9.18 Å². The number of amides is 3. The Hall–Kier alpha value is -2.15. The van der Waals surface area contributed by atoms with Crippen molar-refractivity contribution in [1.29, 1.82) is 0 Å². The summed E-state index contributed by atoms with van der Waals surface area (Å²) in [6.07, 6.45) is -1.00. The largest absolute Gasteiger partial charge is 0.477 e. The SMILES string of the molecule is CCNCc1cccc(F)c1OC(C)C(=O)NC(=O)NC. The number of urea groups is 1. The van der Waals surface area contributed by atoms with Gasteiger partial charge in [-0.15, -0.1) is 0 Å². The number of rotatable bonds is 6. The smallest absolute Gasteiger partial charge is 0.321 e. The van der Waals surface area contributed by atoms with E-state index in [0.29, 0.717) is 12.1 Å². The second kappa shape index (κ2) is 8.21. The first-order valence-corrected chi connectivity index (χ1v) is 6.66. The van der Waals surface area contributed by atoms with Gasteiger partial charge in [-0.05, 0) is 19.5 Å². The zero-order chi connectivity index (χ0) is 15.8. The molecule has 7 heteroatoms. The summed E-state index contributed by atoms with van der Waals surface area (Å²) in [5, 5.41) is 7.40. The molecule has 1 aromatic rings. The Bertz CT molecular complexity index is 508. The minimum Gasteiger partial charge on any atom is -0.477 e. The average Bonchev–Trinajstić information content (AvgIpc) is 2.47. The van der Waals surface area contributed by atoms with Crippen LogP contribution in [0.1, 0.15) is 19.4 Å². The Morgan fingerprint density at radius 3 is 2.71 bits per heavy atom. The predicted octanol–water partition coefficient (Wildman–Crippen LogP) is 1.16. The molecule has 21 heavy (non-hydrogen) atoms. The Morgan fingerprint density at radius 2 is 2.10 bits per heavy atom. The minimum atomic E-state index is -1.00. The maximum absolute atomic E-state index is 13.9. The van der Waals surface area contributed by atoms with Gasteiger partial charge in [0.15, 0.2) is 17.7 Å². The number of nitrogens with one attached hydrogen (secondary N) is 3. The lowest BCUT2D eigenvalue weighted by atomic mass is 10.2. The fourth-order valence-corrected chi connectivity index (χ4v) is 1.59. The Kier molecular flexibility index (Phi) is 6.61. The average molecular weight is 297 g/mol. The van der Waals surface area contributed by atoms with Crippen LogP contribution in [0.15, 0.2) is 18.2 Å². The third kappa shape index (κ3) is 5.03. The van der Waals surface area contributed by atoms with Gasteiger partial charge in [0, 0.05) is 19.2 Å². The molecule has 1 aromatic carbocycles. The quantitative estimate of drug-likeness (QED) is 0.736. The first-order valence-electron chi connectivity index (χ1n) is 6.66. The van der Waals surface area contributed by atoms with Crippen molar-refractivity contribution >= 4 is 11.9 Å². The molecule has 0 saturated heterocycles. The van der Waals surface area contributed by atoms with E-state index in [-0.39, 0.29) is 5.75 Å². The van der Waals surface area contributed by atoms with Crippen LogP contribution in [0.2, 0.25) is 0 Å². The van der Waals surface area contributed by atoms with Crippen LogP contribution in [-0.2, 0) is 11.3 Å². The fourth-order valence-electron chi connectivity index (χ4n) is 1.59. The summed E-state index contributed by atoms with van der Waals surface area (Å²) >= 11 is 0. The summed E-state index contributed by atoms with van der Waals surface area (Å²) in [4.78, 5) is 22.8. The van der Waals surface area contributed by atoms with Gasteiger partial charge in [0.05, 0.1) is 0 Å².